The van der Waals surface area contributed by atoms with Crippen LogP contribution < -0.4 is 15.0 Å². The number of aromatic nitrogens is 3. The van der Waals surface area contributed by atoms with E-state index in [1.165, 1.54) is 36.9 Å². The zero-order chi connectivity index (χ0) is 34.3. The highest BCUT2D eigenvalue weighted by Gasteiger charge is 2.35. The average Bonchev–Trinajstić information content (AvgIpc) is 3.67. The molecule has 4 heterocycles. The number of halogens is 3. The van der Waals surface area contributed by atoms with Crippen LogP contribution in [0.1, 0.15) is 66.9 Å². The molecule has 0 spiro atoms. The zero-order valence-electron chi connectivity index (χ0n) is 27.3. The first kappa shape index (κ1) is 35.5. The summed E-state index contributed by atoms with van der Waals surface area (Å²) in [7, 11) is 1.52. The van der Waals surface area contributed by atoms with Gasteiger partial charge < -0.3 is 19.1 Å². The van der Waals surface area contributed by atoms with Crippen LogP contribution in [-0.2, 0) is 27.0 Å². The molecule has 48 heavy (non-hydrogen) atoms. The van der Waals surface area contributed by atoms with Gasteiger partial charge in [0, 0.05) is 56.3 Å². The highest BCUT2D eigenvalue weighted by atomic mass is 32.1. The molecule has 1 aromatic carbocycles. The van der Waals surface area contributed by atoms with E-state index in [1.54, 1.807) is 13.0 Å². The van der Waals surface area contributed by atoms with E-state index in [0.29, 0.717) is 69.7 Å². The van der Waals surface area contributed by atoms with Gasteiger partial charge in [-0.05, 0) is 64.3 Å². The lowest BCUT2D eigenvalue weighted by Gasteiger charge is -2.31. The van der Waals surface area contributed by atoms with Crippen molar-refractivity contribution in [3.05, 3.63) is 46.7 Å². The van der Waals surface area contributed by atoms with Gasteiger partial charge in [0.25, 0.3) is 5.91 Å². The minimum absolute atomic E-state index is 0.0703. The molecule has 11 nitrogen and oxygen atoms in total. The van der Waals surface area contributed by atoms with Gasteiger partial charge in [0.2, 0.25) is 0 Å². The first-order valence-electron chi connectivity index (χ1n) is 16.2. The number of likely N-dealkylation sites (tertiary alicyclic amines) is 1. The number of thiazole rings is 1. The lowest BCUT2D eigenvalue weighted by molar-refractivity contribution is -0.148. The number of carbonyl (C=O) groups excluding carboxylic acids is 2. The fourth-order valence-corrected chi connectivity index (χ4v) is 6.93. The summed E-state index contributed by atoms with van der Waals surface area (Å²) in [6.07, 6.45) is 2.05. The number of carbonyl (C=O) groups is 2. The number of anilines is 2. The molecule has 0 radical (unpaired) electrons. The van der Waals surface area contributed by atoms with Crippen LogP contribution in [0.25, 0.3) is 11.3 Å². The van der Waals surface area contributed by atoms with Gasteiger partial charge in [-0.1, -0.05) is 11.3 Å². The van der Waals surface area contributed by atoms with E-state index in [1.807, 2.05) is 4.90 Å². The molecule has 1 amide bonds. The van der Waals surface area contributed by atoms with Crippen molar-refractivity contribution in [3.8, 4) is 17.0 Å². The Morgan fingerprint density at radius 3 is 2.52 bits per heavy atom. The van der Waals surface area contributed by atoms with Gasteiger partial charge in [-0.15, -0.1) is 0 Å². The van der Waals surface area contributed by atoms with Crippen LogP contribution in [0.5, 0.6) is 5.75 Å². The summed E-state index contributed by atoms with van der Waals surface area (Å²) in [5, 5.41) is 3.02. The van der Waals surface area contributed by atoms with E-state index < -0.39 is 17.6 Å². The van der Waals surface area contributed by atoms with Crippen molar-refractivity contribution in [2.24, 2.45) is 5.92 Å². The molecule has 15 heteroatoms. The summed E-state index contributed by atoms with van der Waals surface area (Å²) in [6.45, 7) is 7.30. The molecule has 2 saturated heterocycles. The molecule has 2 aromatic heterocycles. The molecule has 0 bridgehead atoms. The molecule has 5 rings (SSSR count). The Hall–Kier alpha value is -3.82. The number of amides is 1. The van der Waals surface area contributed by atoms with Crippen molar-refractivity contribution in [3.63, 3.8) is 0 Å². The Labute approximate surface area is 281 Å². The van der Waals surface area contributed by atoms with E-state index in [-0.39, 0.29) is 40.6 Å². The number of hydrogen-bond acceptors (Lipinski definition) is 11. The number of rotatable bonds is 13. The maximum absolute atomic E-state index is 14.2. The van der Waals surface area contributed by atoms with Crippen LogP contribution in [-0.4, -0.2) is 84.3 Å². The Morgan fingerprint density at radius 1 is 1.08 bits per heavy atom. The Balaban J connectivity index is 1.33. The van der Waals surface area contributed by atoms with Gasteiger partial charge in [-0.25, -0.2) is 15.0 Å². The molecule has 3 aromatic rings. The second kappa shape index (κ2) is 16.1. The molecular weight excluding hydrogens is 649 g/mol. The van der Waals surface area contributed by atoms with Crippen LogP contribution >= 0.6 is 11.3 Å². The number of nitrogens with one attached hydrogen (secondary N) is 1. The number of ether oxygens (including phenoxy) is 3. The molecule has 260 valence electrons. The maximum atomic E-state index is 14.2. The number of nitrogens with zero attached hydrogens (tertiary/aromatic N) is 5. The Kier molecular flexibility index (Phi) is 11.9. The van der Waals surface area contributed by atoms with E-state index in [0.717, 1.165) is 30.3 Å². The topological polar surface area (TPSA) is 119 Å². The van der Waals surface area contributed by atoms with E-state index in [4.69, 9.17) is 14.2 Å². The maximum Gasteiger partial charge on any atom is 0.419 e. The summed E-state index contributed by atoms with van der Waals surface area (Å²) in [5.74, 6) is -0.518. The quantitative estimate of drug-likeness (QED) is 0.168. The van der Waals surface area contributed by atoms with Crippen molar-refractivity contribution >= 4 is 34.2 Å². The molecule has 2 fully saturated rings. The van der Waals surface area contributed by atoms with Gasteiger partial charge in [-0.3, -0.25) is 19.8 Å². The minimum atomic E-state index is -4.65. The predicted molar refractivity (Wildman–Crippen MR) is 175 cm³/mol. The SMILES string of the molecule is CCOC(=O)C1CCN(c2cnc(C(=O)Nc3nc(-c4ccc(OCCCOC)c(C(F)(F)F)c4)c(CN4CCC[C@H]4C)s3)cn2)CC1. The number of alkyl halides is 3. The molecule has 0 aliphatic carbocycles. The van der Waals surface area contributed by atoms with Crippen molar-refractivity contribution in [1.82, 2.24) is 19.9 Å². The van der Waals surface area contributed by atoms with Crippen LogP contribution in [0, 0.1) is 5.92 Å². The fraction of sp³-hybridized carbons (Fsp3) is 0.545. The molecule has 1 N–H and O–H groups in total. The highest BCUT2D eigenvalue weighted by Crippen LogP contribution is 2.41. The molecule has 0 saturated carbocycles. The van der Waals surface area contributed by atoms with Crippen molar-refractivity contribution in [2.45, 2.75) is 64.7 Å². The summed E-state index contributed by atoms with van der Waals surface area (Å²) in [5.41, 5.74) is -0.169. The smallest absolute Gasteiger partial charge is 0.419 e. The van der Waals surface area contributed by atoms with Crippen molar-refractivity contribution in [1.29, 1.82) is 0 Å². The number of methoxy groups -OCH3 is 1. The van der Waals surface area contributed by atoms with Gasteiger partial charge >= 0.3 is 12.1 Å². The lowest BCUT2D eigenvalue weighted by Crippen LogP contribution is -2.37. The summed E-state index contributed by atoms with van der Waals surface area (Å²) < 4.78 is 58.1. The second-order valence-corrected chi connectivity index (χ2v) is 13.0. The van der Waals surface area contributed by atoms with Gasteiger partial charge in [0.1, 0.15) is 17.3 Å². The van der Waals surface area contributed by atoms with Crippen molar-refractivity contribution < 1.29 is 37.0 Å². The monoisotopic (exact) mass is 690 g/mol. The van der Waals surface area contributed by atoms with Gasteiger partial charge in [0.15, 0.2) is 5.13 Å². The lowest BCUT2D eigenvalue weighted by atomic mass is 9.97. The van der Waals surface area contributed by atoms with Gasteiger partial charge in [0.05, 0.1) is 42.8 Å². The third kappa shape index (κ3) is 8.80. The van der Waals surface area contributed by atoms with E-state index >= 15 is 0 Å². The third-order valence-corrected chi connectivity index (χ3v) is 9.53. The number of esters is 1. The molecule has 0 unspecified atom stereocenters. The Bertz CT molecular complexity index is 1550. The summed E-state index contributed by atoms with van der Waals surface area (Å²) in [6, 6.07) is 4.26. The largest absolute Gasteiger partial charge is 0.493 e. The highest BCUT2D eigenvalue weighted by molar-refractivity contribution is 7.16. The third-order valence-electron chi connectivity index (χ3n) is 8.57. The number of benzene rings is 1. The van der Waals surface area contributed by atoms with Crippen LogP contribution in [0.2, 0.25) is 0 Å². The normalized spacial score (nSPS) is 17.5. The fourth-order valence-electron chi connectivity index (χ4n) is 5.93. The van der Waals surface area contributed by atoms with Gasteiger partial charge in [-0.2, -0.15) is 13.2 Å². The molecular formula is C33H41F3N6O5S. The predicted octanol–water partition coefficient (Wildman–Crippen LogP) is 6.05. The number of hydrogen-bond donors (Lipinski definition) is 1. The summed E-state index contributed by atoms with van der Waals surface area (Å²) >= 11 is 1.23. The summed E-state index contributed by atoms with van der Waals surface area (Å²) in [4.78, 5) is 43.7. The van der Waals surface area contributed by atoms with Crippen molar-refractivity contribution in [2.75, 3.05) is 56.8 Å². The minimum Gasteiger partial charge on any atom is -0.493 e. The molecule has 2 aliphatic rings. The van der Waals surface area contributed by atoms with Crippen LogP contribution in [0.15, 0.2) is 30.6 Å². The molecule has 1 atom stereocenters. The number of piperidine rings is 1. The van der Waals surface area contributed by atoms with Crippen LogP contribution in [0.3, 0.4) is 0 Å². The first-order chi connectivity index (χ1) is 23.1. The van der Waals surface area contributed by atoms with E-state index in [9.17, 15) is 22.8 Å². The first-order valence-corrected chi connectivity index (χ1v) is 17.0. The standard InChI is InChI=1S/C33H41F3N6O5S/c1-4-46-31(44)22-10-13-41(14-11-22)28-19-37-25(18-38-28)30(43)40-32-39-29(27(48-32)20-42-12-5-7-21(42)2)23-8-9-26(47-16-6-15-45-3)24(17-23)33(34,35)36/h8-9,17-19,21-22H,4-7,10-16,20H2,1-3H3,(H,39,40,43)/t21-/m1/s1. The van der Waals surface area contributed by atoms with E-state index in [2.05, 4.69) is 32.1 Å². The second-order valence-electron chi connectivity index (χ2n) is 11.9. The Morgan fingerprint density at radius 2 is 1.88 bits per heavy atom. The average molecular weight is 691 g/mol. The molecule has 2 aliphatic heterocycles. The van der Waals surface area contributed by atoms with Crippen LogP contribution in [0.4, 0.5) is 24.1 Å². The zero-order valence-corrected chi connectivity index (χ0v) is 28.2.